The lowest BCUT2D eigenvalue weighted by atomic mass is 9.88. The molecule has 0 aliphatic carbocycles. The van der Waals surface area contributed by atoms with Crippen LogP contribution in [0.1, 0.15) is 54.5 Å². The molecule has 2 aliphatic heterocycles. The number of nitrogens with two attached hydrogens (primary N) is 1. The van der Waals surface area contributed by atoms with Gasteiger partial charge in [0, 0.05) is 12.6 Å². The topological polar surface area (TPSA) is 149 Å². The van der Waals surface area contributed by atoms with Gasteiger partial charge in [-0.3, -0.25) is 14.5 Å². The summed E-state index contributed by atoms with van der Waals surface area (Å²) < 4.78 is 57.4. The van der Waals surface area contributed by atoms with Gasteiger partial charge in [-0.25, -0.2) is 23.1 Å². The predicted molar refractivity (Wildman–Crippen MR) is 130 cm³/mol. The summed E-state index contributed by atoms with van der Waals surface area (Å²) in [6, 6.07) is 5.68. The molecule has 0 spiro atoms. The minimum Gasteiger partial charge on any atom is -0.386 e. The number of alkyl halides is 2. The number of nitrogens with zero attached hydrogens (tertiary/aromatic N) is 4. The number of carbonyl (C=O) groups excluding carboxylic acids is 1. The predicted octanol–water partition coefficient (Wildman–Crippen LogP) is 3.60. The van der Waals surface area contributed by atoms with E-state index < -0.39 is 56.6 Å². The van der Waals surface area contributed by atoms with Crippen molar-refractivity contribution in [3.05, 3.63) is 52.7 Å². The number of nitrogens with one attached hydrogen (secondary N) is 2. The second-order valence-electron chi connectivity index (χ2n) is 9.63. The molecule has 13 heteroatoms. The van der Waals surface area contributed by atoms with Crippen LogP contribution >= 0.6 is 10.5 Å². The summed E-state index contributed by atoms with van der Waals surface area (Å²) in [7, 11) is -3.06. The Morgan fingerprint density at radius 2 is 2.06 bits per heavy atom. The standard InChI is InChI=1S/C23H26F3N7O2S/c1-12-7-13(9-27)10-29-17(12)19(34)32-16-6-5-14(24)18(31-16)22(4)15-8-23(25,26)11-30-36(15,35)21(2,3)20(28)33-22/h5-7,10,15,30,35H,8,11H2,1-4H3,(H2,28,33)(H,31,32,34)/t15-,22-/m0/s1. The fraction of sp³-hybridized carbons (Fsp3) is 0.435. The Morgan fingerprint density at radius 1 is 1.36 bits per heavy atom. The summed E-state index contributed by atoms with van der Waals surface area (Å²) in [6.45, 7) is 5.48. The molecule has 2 aromatic rings. The van der Waals surface area contributed by atoms with Gasteiger partial charge in [0.25, 0.3) is 11.8 Å². The summed E-state index contributed by atoms with van der Waals surface area (Å²) in [4.78, 5) is 25.5. The first-order valence-electron chi connectivity index (χ1n) is 11.0. The zero-order chi connectivity index (χ0) is 26.7. The fourth-order valence-corrected chi connectivity index (χ4v) is 7.97. The Labute approximate surface area is 207 Å². The van der Waals surface area contributed by atoms with Crippen LogP contribution in [0.15, 0.2) is 29.4 Å². The quantitative estimate of drug-likeness (QED) is 0.482. The van der Waals surface area contributed by atoms with E-state index in [-0.39, 0.29) is 28.6 Å². The van der Waals surface area contributed by atoms with E-state index in [9.17, 15) is 18.1 Å². The molecule has 4 heterocycles. The molecule has 4 rings (SSSR count). The highest BCUT2D eigenvalue weighted by atomic mass is 32.3. The molecule has 0 bridgehead atoms. The first-order valence-corrected chi connectivity index (χ1v) is 12.7. The molecule has 1 amide bonds. The fourth-order valence-electron chi connectivity index (χ4n) is 4.58. The minimum atomic E-state index is -3.18. The molecule has 9 nitrogen and oxygen atoms in total. The molecule has 36 heavy (non-hydrogen) atoms. The zero-order valence-corrected chi connectivity index (χ0v) is 20.9. The van der Waals surface area contributed by atoms with Crippen molar-refractivity contribution in [2.75, 3.05) is 11.9 Å². The molecule has 1 fully saturated rings. The van der Waals surface area contributed by atoms with E-state index >= 15 is 4.39 Å². The Hall–Kier alpha value is -3.21. The maximum absolute atomic E-state index is 15.2. The van der Waals surface area contributed by atoms with Crippen LogP contribution in [-0.4, -0.2) is 48.7 Å². The largest absolute Gasteiger partial charge is 0.386 e. The minimum absolute atomic E-state index is 0.0236. The van der Waals surface area contributed by atoms with Crippen LogP contribution in [-0.2, 0) is 5.54 Å². The molecule has 2 aliphatic rings. The van der Waals surface area contributed by atoms with Gasteiger partial charge in [-0.1, -0.05) is 10.5 Å². The van der Waals surface area contributed by atoms with Crippen molar-refractivity contribution >= 4 is 28.1 Å². The third-order valence-corrected chi connectivity index (χ3v) is 10.6. The third-order valence-electron chi connectivity index (χ3n) is 6.81. The molecule has 0 radical (unpaired) electrons. The molecule has 0 aromatic carbocycles. The first-order chi connectivity index (χ1) is 16.6. The first kappa shape index (κ1) is 25.9. The number of carbonyl (C=O) groups is 1. The number of amides is 1. The van der Waals surface area contributed by atoms with Gasteiger partial charge in [0.15, 0.2) is 0 Å². The Bertz CT molecular complexity index is 1330. The van der Waals surface area contributed by atoms with Crippen molar-refractivity contribution in [1.82, 2.24) is 14.7 Å². The Morgan fingerprint density at radius 3 is 2.69 bits per heavy atom. The number of rotatable bonds is 3. The summed E-state index contributed by atoms with van der Waals surface area (Å²) >= 11 is 0. The van der Waals surface area contributed by atoms with Crippen LogP contribution in [0.25, 0.3) is 0 Å². The number of halogens is 3. The average molecular weight is 522 g/mol. The Kier molecular flexibility index (Phi) is 6.06. The van der Waals surface area contributed by atoms with E-state index in [0.29, 0.717) is 5.56 Å². The van der Waals surface area contributed by atoms with E-state index in [2.05, 4.69) is 25.0 Å². The maximum Gasteiger partial charge on any atom is 0.275 e. The van der Waals surface area contributed by atoms with Crippen LogP contribution in [0.5, 0.6) is 0 Å². The number of hydrogen-bond acceptors (Lipinski definition) is 8. The second-order valence-corrected chi connectivity index (χ2v) is 12.8. The smallest absolute Gasteiger partial charge is 0.275 e. The average Bonchev–Trinajstić information content (AvgIpc) is 2.80. The van der Waals surface area contributed by atoms with Crippen molar-refractivity contribution in [2.24, 2.45) is 10.7 Å². The van der Waals surface area contributed by atoms with Crippen LogP contribution in [0.4, 0.5) is 19.0 Å². The number of aryl methyl sites for hydroxylation is 1. The SMILES string of the molecule is Cc1cc(C#N)cnc1C(=O)Nc1ccc(F)c([C@@]2(C)N=C(N)C(C)(C)S3(O)NCC(F)(F)C[C@@H]23)n1. The number of hydrogen-bond donors (Lipinski definition) is 4. The molecule has 2 aromatic heterocycles. The number of aromatic nitrogens is 2. The van der Waals surface area contributed by atoms with Crippen LogP contribution in [0.3, 0.4) is 0 Å². The number of fused-ring (bicyclic) bond motifs is 1. The lowest BCUT2D eigenvalue weighted by molar-refractivity contribution is -0.0148. The van der Waals surface area contributed by atoms with Gasteiger partial charge in [0.1, 0.15) is 40.5 Å². The number of amidine groups is 1. The number of nitriles is 1. The van der Waals surface area contributed by atoms with Crippen LogP contribution in [0.2, 0.25) is 0 Å². The van der Waals surface area contributed by atoms with Gasteiger partial charge in [-0.15, -0.1) is 0 Å². The third kappa shape index (κ3) is 3.99. The van der Waals surface area contributed by atoms with Gasteiger partial charge in [-0.2, -0.15) is 5.26 Å². The molecule has 1 saturated heterocycles. The van der Waals surface area contributed by atoms with Crippen molar-refractivity contribution in [3.63, 3.8) is 0 Å². The molecular formula is C23H26F3N7O2S. The van der Waals surface area contributed by atoms with Gasteiger partial charge in [0.2, 0.25) is 0 Å². The van der Waals surface area contributed by atoms with E-state index in [0.717, 1.165) is 6.07 Å². The van der Waals surface area contributed by atoms with Crippen LogP contribution < -0.4 is 15.8 Å². The molecule has 1 unspecified atom stereocenters. The molecular weight excluding hydrogens is 495 g/mol. The number of aliphatic imine (C=N–C) groups is 1. The highest BCUT2D eigenvalue weighted by molar-refractivity contribution is 8.29. The van der Waals surface area contributed by atoms with E-state index in [1.807, 2.05) is 6.07 Å². The van der Waals surface area contributed by atoms with E-state index in [1.165, 1.54) is 25.3 Å². The van der Waals surface area contributed by atoms with E-state index in [4.69, 9.17) is 11.0 Å². The van der Waals surface area contributed by atoms with Gasteiger partial charge in [-0.05, 0) is 51.5 Å². The number of pyridine rings is 2. The summed E-state index contributed by atoms with van der Waals surface area (Å²) in [5.74, 6) is -4.78. The Balaban J connectivity index is 1.77. The second kappa shape index (κ2) is 8.43. The zero-order valence-electron chi connectivity index (χ0n) is 20.1. The van der Waals surface area contributed by atoms with Crippen molar-refractivity contribution < 1.29 is 22.5 Å². The normalized spacial score (nSPS) is 30.2. The van der Waals surface area contributed by atoms with Gasteiger partial charge in [0.05, 0.1) is 22.1 Å². The lowest BCUT2D eigenvalue weighted by Crippen LogP contribution is -2.65. The summed E-state index contributed by atoms with van der Waals surface area (Å²) in [5.41, 5.74) is 4.87. The lowest BCUT2D eigenvalue weighted by Gasteiger charge is -2.61. The molecule has 0 saturated carbocycles. The van der Waals surface area contributed by atoms with Gasteiger partial charge >= 0.3 is 0 Å². The summed E-state index contributed by atoms with van der Waals surface area (Å²) in [5, 5.41) is 10.3. The van der Waals surface area contributed by atoms with Crippen molar-refractivity contribution in [2.45, 2.75) is 55.6 Å². The van der Waals surface area contributed by atoms with Gasteiger partial charge < -0.3 is 15.6 Å². The van der Waals surface area contributed by atoms with E-state index in [1.54, 1.807) is 20.8 Å². The van der Waals surface area contributed by atoms with Crippen LogP contribution in [0, 0.1) is 24.1 Å². The molecule has 5 N–H and O–H groups in total. The highest BCUT2D eigenvalue weighted by Crippen LogP contribution is 2.67. The monoisotopic (exact) mass is 521 g/mol. The maximum atomic E-state index is 15.2. The molecule has 3 atom stereocenters. The summed E-state index contributed by atoms with van der Waals surface area (Å²) in [6.07, 6.45) is 0.488. The highest BCUT2D eigenvalue weighted by Gasteiger charge is 2.64. The number of anilines is 1. The van der Waals surface area contributed by atoms with Crippen molar-refractivity contribution in [3.8, 4) is 6.07 Å². The molecule has 192 valence electrons. The van der Waals surface area contributed by atoms with Crippen molar-refractivity contribution in [1.29, 1.82) is 5.26 Å².